The summed E-state index contributed by atoms with van der Waals surface area (Å²) in [6.07, 6.45) is 6.72. The summed E-state index contributed by atoms with van der Waals surface area (Å²) in [5.41, 5.74) is 4.28. The Balaban J connectivity index is 0.00000231. The Morgan fingerprint density at radius 1 is 1.23 bits per heavy atom. The van der Waals surface area contributed by atoms with Gasteiger partial charge in [-0.15, -0.1) is 12.4 Å². The average molecular weight is 446 g/mol. The van der Waals surface area contributed by atoms with Gasteiger partial charge in [0.2, 0.25) is 0 Å². The number of rotatable bonds is 2. The summed E-state index contributed by atoms with van der Waals surface area (Å²) in [4.78, 5) is 20.3. The minimum atomic E-state index is -0.233. The number of hydrogen-bond acceptors (Lipinski definition) is 4. The van der Waals surface area contributed by atoms with E-state index in [1.807, 2.05) is 11.0 Å². The Morgan fingerprint density at radius 2 is 1.94 bits per heavy atom. The predicted molar refractivity (Wildman–Crippen MR) is 126 cm³/mol. The van der Waals surface area contributed by atoms with Crippen molar-refractivity contribution >= 4 is 29.4 Å². The van der Waals surface area contributed by atoms with E-state index in [0.717, 1.165) is 29.8 Å². The van der Waals surface area contributed by atoms with Crippen molar-refractivity contribution in [1.82, 2.24) is 15.2 Å². The normalized spacial score (nSPS) is 22.7. The second-order valence-electron chi connectivity index (χ2n) is 11.6. The molecule has 5 nitrogen and oxygen atoms in total. The molecule has 1 saturated heterocycles. The molecule has 0 radical (unpaired) electrons. The zero-order valence-corrected chi connectivity index (χ0v) is 20.3. The van der Waals surface area contributed by atoms with Crippen molar-refractivity contribution < 1.29 is 9.21 Å². The quantitative estimate of drug-likeness (QED) is 0.670. The number of nitrogens with zero attached hydrogens (tertiary/aromatic N) is 2. The molecule has 1 N–H and O–H groups in total. The lowest BCUT2D eigenvalue weighted by molar-refractivity contribution is 0.00767. The highest BCUT2D eigenvalue weighted by molar-refractivity contribution is 5.96. The molecule has 3 aliphatic rings. The van der Waals surface area contributed by atoms with Crippen molar-refractivity contribution in [3.05, 3.63) is 29.2 Å². The summed E-state index contributed by atoms with van der Waals surface area (Å²) in [7, 11) is 0. The van der Waals surface area contributed by atoms with Gasteiger partial charge in [0, 0.05) is 42.9 Å². The molecule has 3 heterocycles. The molecular weight excluding hydrogens is 410 g/mol. The van der Waals surface area contributed by atoms with Crippen molar-refractivity contribution in [3.8, 4) is 0 Å². The molecule has 2 aromatic rings. The molecule has 1 aliphatic heterocycles. The summed E-state index contributed by atoms with van der Waals surface area (Å²) in [6, 6.07) is 4.14. The van der Waals surface area contributed by atoms with E-state index in [1.165, 1.54) is 37.8 Å². The van der Waals surface area contributed by atoms with Gasteiger partial charge in [-0.1, -0.05) is 27.2 Å². The highest BCUT2D eigenvalue weighted by Gasteiger charge is 2.49. The van der Waals surface area contributed by atoms with Crippen molar-refractivity contribution in [2.75, 3.05) is 19.6 Å². The third kappa shape index (κ3) is 3.78. The highest BCUT2D eigenvalue weighted by Crippen LogP contribution is 2.61. The molecule has 0 aromatic carbocycles. The number of halogens is 1. The second-order valence-corrected chi connectivity index (χ2v) is 11.6. The fourth-order valence-corrected chi connectivity index (χ4v) is 5.69. The molecule has 1 amide bonds. The van der Waals surface area contributed by atoms with E-state index in [4.69, 9.17) is 9.40 Å². The molecule has 0 bridgehead atoms. The molecule has 0 unspecified atom stereocenters. The summed E-state index contributed by atoms with van der Waals surface area (Å²) >= 11 is 0. The van der Waals surface area contributed by atoms with Gasteiger partial charge in [0.1, 0.15) is 5.52 Å². The maximum atomic E-state index is 13.3. The number of nitrogens with one attached hydrogen (secondary N) is 1. The summed E-state index contributed by atoms with van der Waals surface area (Å²) < 4.78 is 6.22. The standard InChI is InChI=1S/C25H35N3O2.ClH/c1-23(2,3)17-11-18(16-13-25(14-16)7-6-8-25)27-19-12-20(30-21(17)19)22(29)28-10-9-26-15-24(28,4)5;/h11-12,16,26H,6-10,13-15H2,1-5H3;1H. The molecule has 2 aromatic heterocycles. The number of pyridine rings is 1. The molecule has 5 rings (SSSR count). The third-order valence-electron chi connectivity index (χ3n) is 7.75. The van der Waals surface area contributed by atoms with Crippen LogP contribution in [-0.4, -0.2) is 41.0 Å². The Labute approximate surface area is 191 Å². The summed E-state index contributed by atoms with van der Waals surface area (Å²) in [5.74, 6) is 0.939. The van der Waals surface area contributed by atoms with Crippen LogP contribution < -0.4 is 5.32 Å². The van der Waals surface area contributed by atoms with Crippen molar-refractivity contribution in [3.63, 3.8) is 0 Å². The smallest absolute Gasteiger partial charge is 0.290 e. The number of fused-ring (bicyclic) bond motifs is 1. The minimum Gasteiger partial charge on any atom is -0.449 e. The lowest BCUT2D eigenvalue weighted by Gasteiger charge is -2.54. The van der Waals surface area contributed by atoms with Gasteiger partial charge >= 0.3 is 0 Å². The number of carbonyl (C=O) groups excluding carboxylic acids is 1. The van der Waals surface area contributed by atoms with Gasteiger partial charge in [0.05, 0.1) is 5.54 Å². The highest BCUT2D eigenvalue weighted by atomic mass is 35.5. The fraction of sp³-hybridized carbons (Fsp3) is 0.680. The zero-order chi connectivity index (χ0) is 21.3. The molecule has 6 heteroatoms. The molecule has 0 atom stereocenters. The fourth-order valence-electron chi connectivity index (χ4n) is 5.69. The van der Waals surface area contributed by atoms with Crippen LogP contribution in [0.1, 0.15) is 94.5 Å². The van der Waals surface area contributed by atoms with Crippen LogP contribution in [0.4, 0.5) is 0 Å². The van der Waals surface area contributed by atoms with Crippen LogP contribution in [0.15, 0.2) is 16.5 Å². The minimum absolute atomic E-state index is 0. The number of aromatic nitrogens is 1. The van der Waals surface area contributed by atoms with Crippen LogP contribution in [0.2, 0.25) is 0 Å². The molecule has 2 aliphatic carbocycles. The molecule has 3 fully saturated rings. The number of carbonyl (C=O) groups is 1. The van der Waals surface area contributed by atoms with Crippen LogP contribution in [0, 0.1) is 5.41 Å². The van der Waals surface area contributed by atoms with Gasteiger partial charge in [-0.25, -0.2) is 4.98 Å². The lowest BCUT2D eigenvalue weighted by atomic mass is 9.51. The van der Waals surface area contributed by atoms with Crippen LogP contribution in [0.5, 0.6) is 0 Å². The molecule has 2 saturated carbocycles. The van der Waals surface area contributed by atoms with Crippen LogP contribution >= 0.6 is 12.4 Å². The van der Waals surface area contributed by atoms with E-state index in [9.17, 15) is 4.79 Å². The monoisotopic (exact) mass is 445 g/mol. The lowest BCUT2D eigenvalue weighted by Crippen LogP contribution is -2.59. The summed E-state index contributed by atoms with van der Waals surface area (Å²) in [6.45, 7) is 13.1. The van der Waals surface area contributed by atoms with Gasteiger partial charge in [-0.3, -0.25) is 4.79 Å². The maximum absolute atomic E-state index is 13.3. The molecule has 170 valence electrons. The van der Waals surface area contributed by atoms with Crippen molar-refractivity contribution in [2.45, 2.75) is 83.6 Å². The zero-order valence-electron chi connectivity index (χ0n) is 19.5. The van der Waals surface area contributed by atoms with Crippen molar-refractivity contribution in [1.29, 1.82) is 0 Å². The summed E-state index contributed by atoms with van der Waals surface area (Å²) in [5, 5.41) is 3.38. The number of amides is 1. The van der Waals surface area contributed by atoms with E-state index in [2.05, 4.69) is 46.0 Å². The van der Waals surface area contributed by atoms with E-state index in [0.29, 0.717) is 23.6 Å². The van der Waals surface area contributed by atoms with Gasteiger partial charge < -0.3 is 14.6 Å². The number of furan rings is 1. The first kappa shape index (κ1) is 22.6. The first-order valence-corrected chi connectivity index (χ1v) is 11.6. The van der Waals surface area contributed by atoms with Gasteiger partial charge in [0.25, 0.3) is 5.91 Å². The number of hydrogen-bond donors (Lipinski definition) is 1. The Hall–Kier alpha value is -1.59. The van der Waals surface area contributed by atoms with Crippen LogP contribution in [-0.2, 0) is 5.41 Å². The predicted octanol–water partition coefficient (Wildman–Crippen LogP) is 5.42. The van der Waals surface area contributed by atoms with Crippen LogP contribution in [0.25, 0.3) is 11.1 Å². The Kier molecular flexibility index (Phi) is 5.45. The first-order chi connectivity index (χ1) is 14.1. The van der Waals surface area contributed by atoms with Gasteiger partial charge in [-0.2, -0.15) is 0 Å². The average Bonchev–Trinajstić information content (AvgIpc) is 3.01. The maximum Gasteiger partial charge on any atom is 0.290 e. The largest absolute Gasteiger partial charge is 0.449 e. The Bertz CT molecular complexity index is 992. The van der Waals surface area contributed by atoms with E-state index >= 15 is 0 Å². The Morgan fingerprint density at radius 3 is 2.52 bits per heavy atom. The third-order valence-corrected chi connectivity index (χ3v) is 7.75. The first-order valence-electron chi connectivity index (χ1n) is 11.6. The molecule has 31 heavy (non-hydrogen) atoms. The molecular formula is C25H36ClN3O2. The topological polar surface area (TPSA) is 58.4 Å². The van der Waals surface area contributed by atoms with Crippen molar-refractivity contribution in [2.24, 2.45) is 5.41 Å². The number of piperazine rings is 1. The van der Waals surface area contributed by atoms with Gasteiger partial charge in [0.15, 0.2) is 11.3 Å². The SMILES string of the molecule is CC(C)(C)c1cc(C2CC3(CCC3)C2)nc2cc(C(=O)N3CCNCC3(C)C)oc12.Cl. The van der Waals surface area contributed by atoms with E-state index in [-0.39, 0.29) is 29.3 Å². The molecule has 1 spiro atoms. The van der Waals surface area contributed by atoms with Gasteiger partial charge in [-0.05, 0) is 56.4 Å². The second kappa shape index (κ2) is 7.48. The van der Waals surface area contributed by atoms with Crippen LogP contribution in [0.3, 0.4) is 0 Å². The van der Waals surface area contributed by atoms with E-state index < -0.39 is 0 Å². The van der Waals surface area contributed by atoms with E-state index in [1.54, 1.807) is 0 Å².